The molecule has 0 radical (unpaired) electrons. The van der Waals surface area contributed by atoms with Gasteiger partial charge in [-0.05, 0) is 37.3 Å². The zero-order chi connectivity index (χ0) is 25.9. The first-order valence-corrected chi connectivity index (χ1v) is 9.67. The second kappa shape index (κ2) is 9.79. The van der Waals surface area contributed by atoms with Gasteiger partial charge < -0.3 is 14.8 Å². The summed E-state index contributed by atoms with van der Waals surface area (Å²) in [6, 6.07) is 6.84. The molecular formula is C21H16F4N4O6. The van der Waals surface area contributed by atoms with Gasteiger partial charge in [0.1, 0.15) is 0 Å². The fourth-order valence-corrected chi connectivity index (χ4v) is 2.85. The van der Waals surface area contributed by atoms with Crippen LogP contribution in [0.25, 0.3) is 5.69 Å². The van der Waals surface area contributed by atoms with Crippen LogP contribution < -0.4 is 10.1 Å². The monoisotopic (exact) mass is 496 g/mol. The predicted octanol–water partition coefficient (Wildman–Crippen LogP) is 4.13. The normalized spacial score (nSPS) is 12.1. The summed E-state index contributed by atoms with van der Waals surface area (Å²) in [4.78, 5) is 34.8. The molecule has 1 N–H and O–H groups in total. The molecule has 2 aromatic carbocycles. The van der Waals surface area contributed by atoms with Crippen LogP contribution in [0.4, 0.5) is 28.9 Å². The highest BCUT2D eigenvalue weighted by molar-refractivity contribution is 5.97. The van der Waals surface area contributed by atoms with E-state index in [-0.39, 0.29) is 17.1 Å². The van der Waals surface area contributed by atoms with Gasteiger partial charge in [0.15, 0.2) is 11.9 Å². The van der Waals surface area contributed by atoms with E-state index >= 15 is 0 Å². The number of nitrogens with one attached hydrogen (secondary N) is 1. The number of nitro benzene ring substituents is 1. The Kier molecular flexibility index (Phi) is 7.03. The standard InChI is InChI=1S/C21H16F4N4O6/c1-11(19(30)26-13-6-7-15(22)16(9-13)29(32)33)35-20(31)18-17(34-2)10-28(27-18)14-5-3-4-12(8-14)21(23,24)25/h3-11H,1-2H3,(H,26,30). The number of carbonyl (C=O) groups is 2. The molecule has 0 fully saturated rings. The van der Waals surface area contributed by atoms with Gasteiger partial charge in [-0.1, -0.05) is 6.07 Å². The molecule has 14 heteroatoms. The fraction of sp³-hybridized carbons (Fsp3) is 0.190. The Hall–Kier alpha value is -4.49. The highest BCUT2D eigenvalue weighted by Crippen LogP contribution is 2.31. The van der Waals surface area contributed by atoms with Crippen molar-refractivity contribution >= 4 is 23.3 Å². The number of amides is 1. The molecule has 0 spiro atoms. The lowest BCUT2D eigenvalue weighted by molar-refractivity contribution is -0.387. The van der Waals surface area contributed by atoms with Crippen LogP contribution in [-0.4, -0.2) is 39.8 Å². The highest BCUT2D eigenvalue weighted by atomic mass is 19.4. The van der Waals surface area contributed by atoms with Crippen molar-refractivity contribution in [3.63, 3.8) is 0 Å². The average Bonchev–Trinajstić information content (AvgIpc) is 3.24. The molecule has 0 aliphatic heterocycles. The second-order valence-electron chi connectivity index (χ2n) is 7.00. The van der Waals surface area contributed by atoms with Crippen LogP contribution >= 0.6 is 0 Å². The molecule has 0 saturated carbocycles. The quantitative estimate of drug-likeness (QED) is 0.226. The van der Waals surface area contributed by atoms with Crippen LogP contribution in [0.1, 0.15) is 23.0 Å². The van der Waals surface area contributed by atoms with Crippen molar-refractivity contribution in [1.29, 1.82) is 0 Å². The van der Waals surface area contributed by atoms with E-state index in [1.54, 1.807) is 0 Å². The minimum atomic E-state index is -4.59. The van der Waals surface area contributed by atoms with Crippen LogP contribution in [0.15, 0.2) is 48.7 Å². The van der Waals surface area contributed by atoms with Crippen LogP contribution in [0.3, 0.4) is 0 Å². The second-order valence-corrected chi connectivity index (χ2v) is 7.00. The van der Waals surface area contributed by atoms with E-state index in [1.165, 1.54) is 20.1 Å². The molecule has 1 heterocycles. The van der Waals surface area contributed by atoms with E-state index in [9.17, 15) is 37.3 Å². The number of hydrogen-bond donors (Lipinski definition) is 1. The van der Waals surface area contributed by atoms with Gasteiger partial charge in [0.25, 0.3) is 5.91 Å². The number of alkyl halides is 3. The summed E-state index contributed by atoms with van der Waals surface area (Å²) < 4.78 is 63.5. The SMILES string of the molecule is COc1cn(-c2cccc(C(F)(F)F)c2)nc1C(=O)OC(C)C(=O)Nc1ccc(F)c([N+](=O)[O-])c1. The first-order valence-electron chi connectivity index (χ1n) is 9.67. The molecule has 184 valence electrons. The number of anilines is 1. The van der Waals surface area contributed by atoms with Crippen molar-refractivity contribution in [3.05, 3.63) is 75.9 Å². The Labute approximate surface area is 194 Å². The molecule has 1 amide bonds. The van der Waals surface area contributed by atoms with Crippen LogP contribution in [0.5, 0.6) is 5.75 Å². The summed E-state index contributed by atoms with van der Waals surface area (Å²) in [7, 11) is 1.20. The molecule has 35 heavy (non-hydrogen) atoms. The van der Waals surface area contributed by atoms with E-state index in [0.29, 0.717) is 0 Å². The molecular weight excluding hydrogens is 480 g/mol. The summed E-state index contributed by atoms with van der Waals surface area (Å²) in [6.07, 6.45) is -4.87. The van der Waals surface area contributed by atoms with Crippen molar-refractivity contribution in [1.82, 2.24) is 9.78 Å². The molecule has 3 aromatic rings. The van der Waals surface area contributed by atoms with Crippen LogP contribution in [-0.2, 0) is 15.7 Å². The highest BCUT2D eigenvalue weighted by Gasteiger charge is 2.31. The molecule has 1 atom stereocenters. The van der Waals surface area contributed by atoms with Crippen molar-refractivity contribution in [2.45, 2.75) is 19.2 Å². The van der Waals surface area contributed by atoms with E-state index in [1.807, 2.05) is 0 Å². The Morgan fingerprint density at radius 3 is 2.54 bits per heavy atom. The largest absolute Gasteiger partial charge is 0.493 e. The number of ether oxygens (including phenoxy) is 2. The van der Waals surface area contributed by atoms with Crippen LogP contribution in [0, 0.1) is 15.9 Å². The summed E-state index contributed by atoms with van der Waals surface area (Å²) in [6.45, 7) is 1.20. The third kappa shape index (κ3) is 5.72. The van der Waals surface area contributed by atoms with Crippen molar-refractivity contribution in [2.24, 2.45) is 0 Å². The smallest absolute Gasteiger partial charge is 0.416 e. The fourth-order valence-electron chi connectivity index (χ4n) is 2.85. The molecule has 10 nitrogen and oxygen atoms in total. The lowest BCUT2D eigenvalue weighted by Gasteiger charge is -2.13. The van der Waals surface area contributed by atoms with Gasteiger partial charge in [-0.15, -0.1) is 0 Å². The zero-order valence-electron chi connectivity index (χ0n) is 18.0. The van der Waals surface area contributed by atoms with Gasteiger partial charge in [0.05, 0.1) is 29.5 Å². The number of benzene rings is 2. The first kappa shape index (κ1) is 25.1. The Morgan fingerprint density at radius 1 is 1.20 bits per heavy atom. The number of methoxy groups -OCH3 is 1. The van der Waals surface area contributed by atoms with Gasteiger partial charge in [-0.3, -0.25) is 14.9 Å². The van der Waals surface area contributed by atoms with Gasteiger partial charge >= 0.3 is 17.8 Å². The number of esters is 1. The number of nitrogens with zero attached hydrogens (tertiary/aromatic N) is 3. The number of nitro groups is 1. The first-order chi connectivity index (χ1) is 16.4. The number of aromatic nitrogens is 2. The lowest BCUT2D eigenvalue weighted by atomic mass is 10.2. The topological polar surface area (TPSA) is 126 Å². The number of rotatable bonds is 7. The maximum Gasteiger partial charge on any atom is 0.416 e. The molecule has 0 aliphatic carbocycles. The van der Waals surface area contributed by atoms with E-state index in [4.69, 9.17) is 9.47 Å². The van der Waals surface area contributed by atoms with Gasteiger partial charge in [-0.2, -0.15) is 22.7 Å². The molecule has 1 unspecified atom stereocenters. The van der Waals surface area contributed by atoms with Crippen molar-refractivity contribution in [3.8, 4) is 11.4 Å². The molecule has 1 aromatic heterocycles. The lowest BCUT2D eigenvalue weighted by Crippen LogP contribution is -2.30. The number of carbonyl (C=O) groups excluding carboxylic acids is 2. The molecule has 0 saturated heterocycles. The minimum absolute atomic E-state index is 0.0131. The third-order valence-electron chi connectivity index (χ3n) is 4.60. The molecule has 0 aliphatic rings. The Morgan fingerprint density at radius 2 is 1.91 bits per heavy atom. The Bertz CT molecular complexity index is 1290. The van der Waals surface area contributed by atoms with Crippen molar-refractivity contribution in [2.75, 3.05) is 12.4 Å². The maximum atomic E-state index is 13.5. The minimum Gasteiger partial charge on any atom is -0.493 e. The van der Waals surface area contributed by atoms with Gasteiger partial charge in [0, 0.05) is 11.8 Å². The summed E-state index contributed by atoms with van der Waals surface area (Å²) in [5, 5.41) is 17.0. The van der Waals surface area contributed by atoms with E-state index in [0.717, 1.165) is 47.3 Å². The van der Waals surface area contributed by atoms with E-state index in [2.05, 4.69) is 10.4 Å². The predicted molar refractivity (Wildman–Crippen MR) is 112 cm³/mol. The number of halogens is 4. The third-order valence-corrected chi connectivity index (χ3v) is 4.60. The average molecular weight is 496 g/mol. The van der Waals surface area contributed by atoms with Crippen LogP contribution in [0.2, 0.25) is 0 Å². The van der Waals surface area contributed by atoms with Crippen molar-refractivity contribution < 1.29 is 41.5 Å². The summed E-state index contributed by atoms with van der Waals surface area (Å²) in [5.41, 5.74) is -2.34. The summed E-state index contributed by atoms with van der Waals surface area (Å²) in [5.74, 6) is -3.25. The van der Waals surface area contributed by atoms with E-state index < -0.39 is 51.8 Å². The molecule has 3 rings (SSSR count). The maximum absolute atomic E-state index is 13.5. The summed E-state index contributed by atoms with van der Waals surface area (Å²) >= 11 is 0. The number of hydrogen-bond acceptors (Lipinski definition) is 7. The zero-order valence-corrected chi connectivity index (χ0v) is 18.0. The van der Waals surface area contributed by atoms with Gasteiger partial charge in [-0.25, -0.2) is 9.48 Å². The molecule has 0 bridgehead atoms. The van der Waals surface area contributed by atoms with Gasteiger partial charge in [0.2, 0.25) is 11.5 Å². The Balaban J connectivity index is 1.76.